The first-order chi connectivity index (χ1) is 13.5. The molecule has 6 nitrogen and oxygen atoms in total. The molecule has 0 radical (unpaired) electrons. The number of carboxylic acid groups (broad SMARTS) is 1. The van der Waals surface area contributed by atoms with Gasteiger partial charge in [0.05, 0.1) is 26.1 Å². The fourth-order valence-electron chi connectivity index (χ4n) is 3.79. The number of ether oxygens (including phenoxy) is 2. The molecule has 0 saturated carbocycles. The lowest BCUT2D eigenvalue weighted by molar-refractivity contribution is -0.148. The first kappa shape index (κ1) is 19.7. The number of methoxy groups -OCH3 is 2. The van der Waals surface area contributed by atoms with Crippen LogP contribution in [-0.4, -0.2) is 49.2 Å². The van der Waals surface area contributed by atoms with Crippen molar-refractivity contribution in [2.75, 3.05) is 27.3 Å². The zero-order valence-electron chi connectivity index (χ0n) is 16.2. The molecule has 0 spiro atoms. The summed E-state index contributed by atoms with van der Waals surface area (Å²) >= 11 is 0. The van der Waals surface area contributed by atoms with E-state index in [0.717, 1.165) is 11.1 Å². The summed E-state index contributed by atoms with van der Waals surface area (Å²) in [5.41, 5.74) is 0.647. The standard InChI is InChI=1S/C22H25NO5/c1-27-18-9-8-16(19(15-18)28-2)14-20(24)23-12-10-22(11-13-23,21(25)26)17-6-4-3-5-7-17/h3-9,15H,10-14H2,1-2H3,(H,25,26). The Morgan fingerprint density at radius 2 is 1.71 bits per heavy atom. The van der Waals surface area contributed by atoms with Crippen LogP contribution in [0.5, 0.6) is 11.5 Å². The van der Waals surface area contributed by atoms with E-state index >= 15 is 0 Å². The molecule has 28 heavy (non-hydrogen) atoms. The molecule has 2 aromatic carbocycles. The van der Waals surface area contributed by atoms with Gasteiger partial charge in [0.25, 0.3) is 0 Å². The number of piperidine rings is 1. The number of benzene rings is 2. The number of hydrogen-bond donors (Lipinski definition) is 1. The topological polar surface area (TPSA) is 76.1 Å². The third kappa shape index (κ3) is 3.81. The van der Waals surface area contributed by atoms with Gasteiger partial charge in [0, 0.05) is 24.7 Å². The highest BCUT2D eigenvalue weighted by Crippen LogP contribution is 2.36. The monoisotopic (exact) mass is 383 g/mol. The average Bonchev–Trinajstić information content (AvgIpc) is 2.74. The van der Waals surface area contributed by atoms with Gasteiger partial charge in [0.15, 0.2) is 0 Å². The summed E-state index contributed by atoms with van der Waals surface area (Å²) in [7, 11) is 3.14. The second-order valence-electron chi connectivity index (χ2n) is 6.99. The maximum absolute atomic E-state index is 12.8. The molecule has 2 aromatic rings. The molecule has 1 fully saturated rings. The Morgan fingerprint density at radius 1 is 1.04 bits per heavy atom. The minimum absolute atomic E-state index is 0.0319. The van der Waals surface area contributed by atoms with Crippen LogP contribution in [0.3, 0.4) is 0 Å². The summed E-state index contributed by atoms with van der Waals surface area (Å²) in [6.45, 7) is 0.830. The predicted molar refractivity (Wildman–Crippen MR) is 105 cm³/mol. The lowest BCUT2D eigenvalue weighted by Crippen LogP contribution is -2.49. The molecule has 1 aliphatic heterocycles. The Kier molecular flexibility index (Phi) is 5.87. The Labute approximate surface area is 164 Å². The van der Waals surface area contributed by atoms with Crippen LogP contribution in [-0.2, 0) is 21.4 Å². The molecule has 0 bridgehead atoms. The highest BCUT2D eigenvalue weighted by molar-refractivity contribution is 5.83. The summed E-state index contributed by atoms with van der Waals surface area (Å²) in [5.74, 6) is 0.409. The van der Waals surface area contributed by atoms with Crippen LogP contribution in [0.2, 0.25) is 0 Å². The van der Waals surface area contributed by atoms with Crippen molar-refractivity contribution in [1.82, 2.24) is 4.90 Å². The number of aliphatic carboxylic acids is 1. The lowest BCUT2D eigenvalue weighted by atomic mass is 9.73. The quantitative estimate of drug-likeness (QED) is 0.830. The number of carbonyl (C=O) groups excluding carboxylic acids is 1. The zero-order valence-corrected chi connectivity index (χ0v) is 16.2. The van der Waals surface area contributed by atoms with E-state index in [1.54, 1.807) is 31.3 Å². The predicted octanol–water partition coefficient (Wildman–Crippen LogP) is 2.89. The maximum Gasteiger partial charge on any atom is 0.314 e. The van der Waals surface area contributed by atoms with Crippen LogP contribution < -0.4 is 9.47 Å². The number of rotatable bonds is 6. The van der Waals surface area contributed by atoms with Crippen LogP contribution in [0.25, 0.3) is 0 Å². The molecular formula is C22H25NO5. The van der Waals surface area contributed by atoms with Crippen LogP contribution in [0.15, 0.2) is 48.5 Å². The fraction of sp³-hybridized carbons (Fsp3) is 0.364. The van der Waals surface area contributed by atoms with Gasteiger partial charge in [-0.25, -0.2) is 0 Å². The van der Waals surface area contributed by atoms with Crippen molar-refractivity contribution in [2.45, 2.75) is 24.7 Å². The highest BCUT2D eigenvalue weighted by atomic mass is 16.5. The van der Waals surface area contributed by atoms with E-state index in [9.17, 15) is 14.7 Å². The molecule has 1 N–H and O–H groups in total. The van der Waals surface area contributed by atoms with Crippen LogP contribution >= 0.6 is 0 Å². The lowest BCUT2D eigenvalue weighted by Gasteiger charge is -2.39. The normalized spacial score (nSPS) is 15.7. The van der Waals surface area contributed by atoms with Crippen molar-refractivity contribution < 1.29 is 24.2 Å². The highest BCUT2D eigenvalue weighted by Gasteiger charge is 2.43. The summed E-state index contributed by atoms with van der Waals surface area (Å²) < 4.78 is 10.6. The Balaban J connectivity index is 1.71. The van der Waals surface area contributed by atoms with Crippen LogP contribution in [0.4, 0.5) is 0 Å². The molecule has 148 valence electrons. The molecule has 0 aromatic heterocycles. The molecule has 1 heterocycles. The number of nitrogens with zero attached hydrogens (tertiary/aromatic N) is 1. The summed E-state index contributed by atoms with van der Waals surface area (Å²) in [6, 6.07) is 14.7. The minimum Gasteiger partial charge on any atom is -0.497 e. The van der Waals surface area contributed by atoms with Crippen molar-refractivity contribution in [3.05, 3.63) is 59.7 Å². The molecule has 0 unspecified atom stereocenters. The maximum atomic E-state index is 12.8. The fourth-order valence-corrected chi connectivity index (χ4v) is 3.79. The van der Waals surface area contributed by atoms with E-state index in [1.807, 2.05) is 36.4 Å². The molecule has 6 heteroatoms. The van der Waals surface area contributed by atoms with Gasteiger partial charge in [-0.15, -0.1) is 0 Å². The number of amides is 1. The van der Waals surface area contributed by atoms with Crippen molar-refractivity contribution in [3.63, 3.8) is 0 Å². The Hall–Kier alpha value is -3.02. The molecule has 1 saturated heterocycles. The van der Waals surface area contributed by atoms with Gasteiger partial charge in [0.2, 0.25) is 5.91 Å². The van der Waals surface area contributed by atoms with Gasteiger partial charge >= 0.3 is 5.97 Å². The van der Waals surface area contributed by atoms with Crippen LogP contribution in [0.1, 0.15) is 24.0 Å². The molecule has 3 rings (SSSR count). The number of carbonyl (C=O) groups is 2. The van der Waals surface area contributed by atoms with E-state index in [2.05, 4.69) is 0 Å². The molecule has 0 atom stereocenters. The number of carboxylic acids is 1. The van der Waals surface area contributed by atoms with Crippen molar-refractivity contribution in [2.24, 2.45) is 0 Å². The second kappa shape index (κ2) is 8.33. The van der Waals surface area contributed by atoms with E-state index in [-0.39, 0.29) is 12.3 Å². The molecule has 0 aliphatic carbocycles. The van der Waals surface area contributed by atoms with Gasteiger partial charge in [-0.2, -0.15) is 0 Å². The van der Waals surface area contributed by atoms with Gasteiger partial charge in [-0.1, -0.05) is 36.4 Å². The van der Waals surface area contributed by atoms with Crippen molar-refractivity contribution in [3.8, 4) is 11.5 Å². The molecule has 1 amide bonds. The number of likely N-dealkylation sites (tertiary alicyclic amines) is 1. The van der Waals surface area contributed by atoms with Gasteiger partial charge < -0.3 is 19.5 Å². The third-order valence-electron chi connectivity index (χ3n) is 5.54. The van der Waals surface area contributed by atoms with Crippen molar-refractivity contribution >= 4 is 11.9 Å². The Bertz CT molecular complexity index is 841. The second-order valence-corrected chi connectivity index (χ2v) is 6.99. The summed E-state index contributed by atoms with van der Waals surface area (Å²) in [5, 5.41) is 9.89. The largest absolute Gasteiger partial charge is 0.497 e. The first-order valence-electron chi connectivity index (χ1n) is 9.28. The molecular weight excluding hydrogens is 358 g/mol. The minimum atomic E-state index is -0.935. The first-order valence-corrected chi connectivity index (χ1v) is 9.28. The van der Waals surface area contributed by atoms with Gasteiger partial charge in [-0.05, 0) is 24.5 Å². The van der Waals surface area contributed by atoms with Crippen LogP contribution in [0, 0.1) is 0 Å². The van der Waals surface area contributed by atoms with E-state index in [4.69, 9.17) is 9.47 Å². The van der Waals surface area contributed by atoms with Gasteiger partial charge in [0.1, 0.15) is 11.5 Å². The SMILES string of the molecule is COc1ccc(CC(=O)N2CCC(C(=O)O)(c3ccccc3)CC2)c(OC)c1. The molecule has 1 aliphatic rings. The smallest absolute Gasteiger partial charge is 0.314 e. The van der Waals surface area contributed by atoms with E-state index in [0.29, 0.717) is 37.4 Å². The average molecular weight is 383 g/mol. The van der Waals surface area contributed by atoms with Crippen molar-refractivity contribution in [1.29, 1.82) is 0 Å². The summed E-state index contributed by atoms with van der Waals surface area (Å²) in [4.78, 5) is 26.6. The Morgan fingerprint density at radius 3 is 2.29 bits per heavy atom. The van der Waals surface area contributed by atoms with E-state index in [1.165, 1.54) is 0 Å². The third-order valence-corrected chi connectivity index (χ3v) is 5.54. The van der Waals surface area contributed by atoms with Gasteiger partial charge in [-0.3, -0.25) is 9.59 Å². The zero-order chi connectivity index (χ0) is 20.1. The summed E-state index contributed by atoms with van der Waals surface area (Å²) in [6.07, 6.45) is 1.01. The number of hydrogen-bond acceptors (Lipinski definition) is 4. The van der Waals surface area contributed by atoms with E-state index < -0.39 is 11.4 Å².